The summed E-state index contributed by atoms with van der Waals surface area (Å²) in [5.74, 6) is 1.62. The van der Waals surface area contributed by atoms with Crippen LogP contribution in [0, 0.1) is 0 Å². The van der Waals surface area contributed by atoms with E-state index in [1.807, 2.05) is 43.9 Å². The molecule has 7 nitrogen and oxygen atoms in total. The van der Waals surface area contributed by atoms with Crippen molar-refractivity contribution in [2.75, 3.05) is 34.4 Å². The van der Waals surface area contributed by atoms with Crippen LogP contribution in [0.1, 0.15) is 44.6 Å². The first kappa shape index (κ1) is 23.2. The molecule has 0 radical (unpaired) electrons. The van der Waals surface area contributed by atoms with Crippen molar-refractivity contribution in [1.82, 2.24) is 15.1 Å². The molecule has 0 saturated carbocycles. The summed E-state index contributed by atoms with van der Waals surface area (Å²) in [4.78, 5) is 28.6. The number of hydrogen-bond acceptors (Lipinski definition) is 5. The molecular weight excluding hydrogens is 390 g/mol. The smallest absolute Gasteiger partial charge is 0.317 e. The van der Waals surface area contributed by atoms with Crippen LogP contribution in [0.5, 0.6) is 11.5 Å². The monoisotopic (exact) mass is 423 g/mol. The van der Waals surface area contributed by atoms with Gasteiger partial charge in [-0.25, -0.2) is 4.79 Å². The molecule has 162 valence electrons. The second-order valence-corrected chi connectivity index (χ2v) is 8.69. The maximum atomic E-state index is 13.0. The van der Waals surface area contributed by atoms with Gasteiger partial charge in [-0.3, -0.25) is 4.79 Å². The Morgan fingerprint density at radius 2 is 2.03 bits per heavy atom. The summed E-state index contributed by atoms with van der Waals surface area (Å²) in [6, 6.07) is 5.67. The lowest BCUT2D eigenvalue weighted by Crippen LogP contribution is -2.42. The van der Waals surface area contributed by atoms with Gasteiger partial charge in [0.05, 0.1) is 19.5 Å². The third-order valence-corrected chi connectivity index (χ3v) is 6.49. The predicted octanol–water partition coefficient (Wildman–Crippen LogP) is 3.50. The number of nitrogens with zero attached hydrogens (tertiary/aromatic N) is 2. The Morgan fingerprint density at radius 1 is 1.31 bits per heavy atom. The summed E-state index contributed by atoms with van der Waals surface area (Å²) in [7, 11) is 5.04. The van der Waals surface area contributed by atoms with Crippen LogP contribution in [-0.4, -0.2) is 67.4 Å². The molecule has 2 rings (SSSR count). The van der Waals surface area contributed by atoms with E-state index in [0.29, 0.717) is 19.5 Å². The zero-order chi connectivity index (χ0) is 21.6. The molecule has 1 aliphatic rings. The number of ether oxygens (including phenoxy) is 2. The van der Waals surface area contributed by atoms with Crippen molar-refractivity contribution < 1.29 is 19.1 Å². The van der Waals surface area contributed by atoms with Crippen LogP contribution >= 0.6 is 11.8 Å². The number of thioether (sulfide) groups is 1. The van der Waals surface area contributed by atoms with Gasteiger partial charge in [0.15, 0.2) is 0 Å². The summed E-state index contributed by atoms with van der Waals surface area (Å²) in [5.41, 5.74) is 0.937. The Morgan fingerprint density at radius 3 is 2.62 bits per heavy atom. The fraction of sp³-hybridized carbons (Fsp3) is 0.619. The molecule has 1 N–H and O–H groups in total. The van der Waals surface area contributed by atoms with Crippen molar-refractivity contribution in [1.29, 1.82) is 0 Å². The highest BCUT2D eigenvalue weighted by molar-refractivity contribution is 8.01. The predicted molar refractivity (Wildman–Crippen MR) is 117 cm³/mol. The van der Waals surface area contributed by atoms with Crippen molar-refractivity contribution in [3.05, 3.63) is 23.8 Å². The number of urea groups is 1. The van der Waals surface area contributed by atoms with Gasteiger partial charge >= 0.3 is 6.03 Å². The topological polar surface area (TPSA) is 71.1 Å². The maximum Gasteiger partial charge on any atom is 0.317 e. The van der Waals surface area contributed by atoms with Gasteiger partial charge in [-0.15, -0.1) is 11.8 Å². The molecule has 8 heteroatoms. The zero-order valence-corrected chi connectivity index (χ0v) is 19.0. The quantitative estimate of drug-likeness (QED) is 0.658. The molecule has 1 heterocycles. The number of methoxy groups -OCH3 is 2. The van der Waals surface area contributed by atoms with Gasteiger partial charge in [0, 0.05) is 31.7 Å². The lowest BCUT2D eigenvalue weighted by atomic mass is 10.1. The van der Waals surface area contributed by atoms with E-state index < -0.39 is 0 Å². The molecule has 2 atom stereocenters. The van der Waals surface area contributed by atoms with Crippen molar-refractivity contribution in [2.45, 2.75) is 50.3 Å². The second kappa shape index (κ2) is 10.6. The van der Waals surface area contributed by atoms with Crippen molar-refractivity contribution in [3.8, 4) is 11.5 Å². The first-order chi connectivity index (χ1) is 13.8. The molecule has 1 fully saturated rings. The molecular formula is C21H33N3O4S. The largest absolute Gasteiger partial charge is 0.497 e. The molecule has 0 bridgehead atoms. The van der Waals surface area contributed by atoms with E-state index in [0.717, 1.165) is 23.5 Å². The number of carbonyl (C=O) groups excluding carboxylic acids is 2. The molecule has 1 saturated heterocycles. The van der Waals surface area contributed by atoms with Gasteiger partial charge in [0.2, 0.25) is 5.91 Å². The summed E-state index contributed by atoms with van der Waals surface area (Å²) < 4.78 is 10.9. The molecule has 0 aliphatic carbocycles. The van der Waals surface area contributed by atoms with Crippen LogP contribution in [0.4, 0.5) is 4.79 Å². The van der Waals surface area contributed by atoms with E-state index in [1.54, 1.807) is 37.9 Å². The number of rotatable bonds is 9. The minimum atomic E-state index is -0.132. The third kappa shape index (κ3) is 5.72. The van der Waals surface area contributed by atoms with Gasteiger partial charge in [-0.2, -0.15) is 0 Å². The number of benzene rings is 1. The number of hydrogen-bond donors (Lipinski definition) is 1. The fourth-order valence-corrected chi connectivity index (χ4v) is 4.74. The van der Waals surface area contributed by atoms with E-state index in [-0.39, 0.29) is 28.6 Å². The number of amides is 3. The maximum absolute atomic E-state index is 13.0. The zero-order valence-electron chi connectivity index (χ0n) is 18.2. The molecule has 1 aromatic rings. The first-order valence-electron chi connectivity index (χ1n) is 10.0. The minimum Gasteiger partial charge on any atom is -0.497 e. The average molecular weight is 424 g/mol. The fourth-order valence-electron chi connectivity index (χ4n) is 3.30. The summed E-state index contributed by atoms with van der Waals surface area (Å²) in [6.07, 6.45) is 1.48. The van der Waals surface area contributed by atoms with E-state index >= 15 is 0 Å². The van der Waals surface area contributed by atoms with Crippen LogP contribution in [0.15, 0.2) is 18.2 Å². The van der Waals surface area contributed by atoms with Crippen LogP contribution in [-0.2, 0) is 4.79 Å². The van der Waals surface area contributed by atoms with E-state index in [9.17, 15) is 9.59 Å². The van der Waals surface area contributed by atoms with E-state index in [4.69, 9.17) is 9.47 Å². The van der Waals surface area contributed by atoms with Crippen LogP contribution in [0.25, 0.3) is 0 Å². The summed E-state index contributed by atoms with van der Waals surface area (Å²) in [5, 5.41) is 2.68. The van der Waals surface area contributed by atoms with Crippen LogP contribution in [0.2, 0.25) is 0 Å². The lowest BCUT2D eigenvalue weighted by Gasteiger charge is -2.27. The van der Waals surface area contributed by atoms with Crippen molar-refractivity contribution >= 4 is 23.7 Å². The first-order valence-corrected chi connectivity index (χ1v) is 11.0. The minimum absolute atomic E-state index is 0.0714. The van der Waals surface area contributed by atoms with Crippen LogP contribution in [0.3, 0.4) is 0 Å². The average Bonchev–Trinajstić information content (AvgIpc) is 3.02. The SMILES string of the molecule is CC[C@H]1S[C@@H](c2cc(OC)ccc2OC)N(CCCN(C)C(=O)NC(C)C)C1=O. The highest BCUT2D eigenvalue weighted by atomic mass is 32.2. The number of nitrogens with one attached hydrogen (secondary N) is 1. The van der Waals surface area contributed by atoms with Gasteiger partial charge in [-0.1, -0.05) is 6.92 Å². The second-order valence-electron chi connectivity index (χ2n) is 7.40. The molecule has 1 aliphatic heterocycles. The van der Waals surface area contributed by atoms with Gasteiger partial charge in [0.25, 0.3) is 0 Å². The third-order valence-electron chi connectivity index (χ3n) is 4.86. The van der Waals surface area contributed by atoms with Gasteiger partial charge < -0.3 is 24.6 Å². The number of carbonyl (C=O) groups is 2. The Hall–Kier alpha value is -2.09. The van der Waals surface area contributed by atoms with Gasteiger partial charge in [0.1, 0.15) is 16.9 Å². The Labute approximate surface area is 178 Å². The van der Waals surface area contributed by atoms with E-state index in [2.05, 4.69) is 5.32 Å². The Balaban J connectivity index is 2.14. The highest BCUT2D eigenvalue weighted by Crippen LogP contribution is 2.47. The lowest BCUT2D eigenvalue weighted by molar-refractivity contribution is -0.130. The van der Waals surface area contributed by atoms with Gasteiger partial charge in [-0.05, 0) is 44.9 Å². The van der Waals surface area contributed by atoms with Crippen molar-refractivity contribution in [3.63, 3.8) is 0 Å². The molecule has 1 aromatic carbocycles. The summed E-state index contributed by atoms with van der Waals surface area (Å²) >= 11 is 1.65. The normalized spacial score (nSPS) is 18.9. The Bertz CT molecular complexity index is 713. The molecule has 3 amide bonds. The van der Waals surface area contributed by atoms with Crippen LogP contribution < -0.4 is 14.8 Å². The molecule has 0 aromatic heterocycles. The van der Waals surface area contributed by atoms with E-state index in [1.165, 1.54) is 0 Å². The van der Waals surface area contributed by atoms with Crippen molar-refractivity contribution in [2.24, 2.45) is 0 Å². The summed E-state index contributed by atoms with van der Waals surface area (Å²) in [6.45, 7) is 7.05. The molecule has 0 spiro atoms. The molecule has 0 unspecified atom stereocenters. The standard InChI is InChI=1S/C21H33N3O4S/c1-7-18-19(25)24(12-8-11-23(4)21(26)22-14(2)3)20(29-18)16-13-15(27-5)9-10-17(16)28-6/h9-10,13-14,18,20H,7-8,11-12H2,1-6H3,(H,22,26)/t18-,20+/m1/s1. The Kier molecular flexibility index (Phi) is 8.49. The molecule has 29 heavy (non-hydrogen) atoms. The highest BCUT2D eigenvalue weighted by Gasteiger charge is 2.41.